The molecule has 1 N–H and O–H groups in total. The van der Waals surface area contributed by atoms with Gasteiger partial charge in [-0.2, -0.15) is 0 Å². The summed E-state index contributed by atoms with van der Waals surface area (Å²) in [5.74, 6) is 0.425. The number of hydrogen-bond acceptors (Lipinski definition) is 2. The Kier molecular flexibility index (Phi) is 7.29. The molecule has 0 saturated carbocycles. The van der Waals surface area contributed by atoms with Crippen molar-refractivity contribution >= 4 is 0 Å². The predicted octanol–water partition coefficient (Wildman–Crippen LogP) is 2.60. The molecule has 3 unspecified atom stereocenters. The first kappa shape index (κ1) is 12.9. The van der Waals surface area contributed by atoms with E-state index < -0.39 is 0 Å². The molecular weight excluding hydrogens is 164 g/mol. The standard InChI is InChI=1S/C11H24O2/c1-5-6-9(2)11(12)8-7-10(3)13-4/h9-12H,5-8H2,1-4H3. The van der Waals surface area contributed by atoms with E-state index >= 15 is 0 Å². The van der Waals surface area contributed by atoms with Crippen molar-refractivity contribution in [2.45, 2.75) is 58.7 Å². The molecule has 0 aromatic heterocycles. The smallest absolute Gasteiger partial charge is 0.0566 e. The number of methoxy groups -OCH3 is 1. The van der Waals surface area contributed by atoms with Crippen molar-refractivity contribution in [3.8, 4) is 0 Å². The Morgan fingerprint density at radius 2 is 1.77 bits per heavy atom. The fraction of sp³-hybridized carbons (Fsp3) is 1.00. The highest BCUT2D eigenvalue weighted by Crippen LogP contribution is 2.16. The second kappa shape index (κ2) is 7.34. The van der Waals surface area contributed by atoms with Crippen LogP contribution in [0.1, 0.15) is 46.5 Å². The van der Waals surface area contributed by atoms with Gasteiger partial charge in [-0.25, -0.2) is 0 Å². The molecule has 0 spiro atoms. The maximum atomic E-state index is 9.74. The fourth-order valence-corrected chi connectivity index (χ4v) is 1.46. The quantitative estimate of drug-likeness (QED) is 0.665. The van der Waals surface area contributed by atoms with Gasteiger partial charge in [0.1, 0.15) is 0 Å². The van der Waals surface area contributed by atoms with E-state index in [1.807, 2.05) is 6.92 Å². The lowest BCUT2D eigenvalue weighted by Gasteiger charge is -2.19. The number of aliphatic hydroxyl groups excluding tert-OH is 1. The summed E-state index contributed by atoms with van der Waals surface area (Å²) in [5.41, 5.74) is 0. The van der Waals surface area contributed by atoms with Gasteiger partial charge in [0.25, 0.3) is 0 Å². The lowest BCUT2D eigenvalue weighted by molar-refractivity contribution is 0.0625. The van der Waals surface area contributed by atoms with Crippen LogP contribution in [-0.4, -0.2) is 24.4 Å². The van der Waals surface area contributed by atoms with Crippen LogP contribution >= 0.6 is 0 Å². The molecule has 3 atom stereocenters. The van der Waals surface area contributed by atoms with Gasteiger partial charge >= 0.3 is 0 Å². The lowest BCUT2D eigenvalue weighted by atomic mass is 9.95. The van der Waals surface area contributed by atoms with E-state index in [4.69, 9.17) is 4.74 Å². The zero-order valence-electron chi connectivity index (χ0n) is 9.42. The van der Waals surface area contributed by atoms with Crippen molar-refractivity contribution in [3.05, 3.63) is 0 Å². The van der Waals surface area contributed by atoms with Gasteiger partial charge in [-0.3, -0.25) is 0 Å². The number of rotatable bonds is 7. The fourth-order valence-electron chi connectivity index (χ4n) is 1.46. The molecule has 0 aliphatic carbocycles. The Morgan fingerprint density at radius 1 is 1.15 bits per heavy atom. The molecule has 0 rings (SSSR count). The van der Waals surface area contributed by atoms with Gasteiger partial charge in [0.2, 0.25) is 0 Å². The summed E-state index contributed by atoms with van der Waals surface area (Å²) in [7, 11) is 1.71. The van der Waals surface area contributed by atoms with Crippen molar-refractivity contribution in [1.82, 2.24) is 0 Å². The number of hydrogen-bond donors (Lipinski definition) is 1. The first-order valence-electron chi connectivity index (χ1n) is 5.32. The van der Waals surface area contributed by atoms with Crippen LogP contribution in [-0.2, 0) is 4.74 Å². The van der Waals surface area contributed by atoms with E-state index in [0.29, 0.717) is 5.92 Å². The van der Waals surface area contributed by atoms with Crippen LogP contribution in [0.5, 0.6) is 0 Å². The Hall–Kier alpha value is -0.0800. The topological polar surface area (TPSA) is 29.5 Å². The normalized spacial score (nSPS) is 18.2. The largest absolute Gasteiger partial charge is 0.393 e. The minimum Gasteiger partial charge on any atom is -0.393 e. The van der Waals surface area contributed by atoms with Crippen molar-refractivity contribution in [3.63, 3.8) is 0 Å². The lowest BCUT2D eigenvalue weighted by Crippen LogP contribution is -2.19. The summed E-state index contributed by atoms with van der Waals surface area (Å²) in [6.07, 6.45) is 4.18. The average Bonchev–Trinajstić information content (AvgIpc) is 2.13. The molecule has 0 aromatic carbocycles. The van der Waals surface area contributed by atoms with E-state index in [2.05, 4.69) is 13.8 Å². The summed E-state index contributed by atoms with van der Waals surface area (Å²) in [6.45, 7) is 6.31. The summed E-state index contributed by atoms with van der Waals surface area (Å²) < 4.78 is 5.13. The zero-order chi connectivity index (χ0) is 10.3. The van der Waals surface area contributed by atoms with Crippen molar-refractivity contribution < 1.29 is 9.84 Å². The van der Waals surface area contributed by atoms with E-state index in [1.165, 1.54) is 0 Å². The molecule has 80 valence electrons. The van der Waals surface area contributed by atoms with E-state index in [9.17, 15) is 5.11 Å². The minimum atomic E-state index is -0.155. The van der Waals surface area contributed by atoms with Gasteiger partial charge in [-0.05, 0) is 32.1 Å². The van der Waals surface area contributed by atoms with Crippen LogP contribution in [0.15, 0.2) is 0 Å². The van der Waals surface area contributed by atoms with Crippen LogP contribution in [0.25, 0.3) is 0 Å². The SMILES string of the molecule is CCCC(C)C(O)CCC(C)OC. The molecule has 0 bridgehead atoms. The number of aliphatic hydroxyl groups is 1. The highest BCUT2D eigenvalue weighted by atomic mass is 16.5. The molecule has 0 aliphatic rings. The van der Waals surface area contributed by atoms with E-state index in [-0.39, 0.29) is 12.2 Å². The van der Waals surface area contributed by atoms with E-state index in [1.54, 1.807) is 7.11 Å². The third kappa shape index (κ3) is 6.05. The van der Waals surface area contributed by atoms with Crippen LogP contribution in [0.3, 0.4) is 0 Å². The van der Waals surface area contributed by atoms with Gasteiger partial charge in [0, 0.05) is 7.11 Å². The molecule has 0 amide bonds. The summed E-state index contributed by atoms with van der Waals surface area (Å²) >= 11 is 0. The van der Waals surface area contributed by atoms with Crippen LogP contribution in [0.4, 0.5) is 0 Å². The summed E-state index contributed by atoms with van der Waals surface area (Å²) in [5, 5.41) is 9.74. The molecule has 13 heavy (non-hydrogen) atoms. The monoisotopic (exact) mass is 188 g/mol. The highest BCUT2D eigenvalue weighted by molar-refractivity contribution is 4.65. The third-order valence-electron chi connectivity index (χ3n) is 2.67. The molecule has 2 nitrogen and oxygen atoms in total. The van der Waals surface area contributed by atoms with Crippen LogP contribution in [0, 0.1) is 5.92 Å². The molecule has 0 aromatic rings. The average molecular weight is 188 g/mol. The Morgan fingerprint density at radius 3 is 2.23 bits per heavy atom. The summed E-state index contributed by atoms with van der Waals surface area (Å²) in [6, 6.07) is 0. The van der Waals surface area contributed by atoms with Gasteiger partial charge in [-0.15, -0.1) is 0 Å². The van der Waals surface area contributed by atoms with E-state index in [0.717, 1.165) is 25.7 Å². The second-order valence-electron chi connectivity index (χ2n) is 3.96. The zero-order valence-corrected chi connectivity index (χ0v) is 9.42. The molecule has 0 heterocycles. The molecule has 0 saturated heterocycles. The maximum absolute atomic E-state index is 9.74. The van der Waals surface area contributed by atoms with Crippen molar-refractivity contribution in [1.29, 1.82) is 0 Å². The predicted molar refractivity (Wildman–Crippen MR) is 55.8 cm³/mol. The maximum Gasteiger partial charge on any atom is 0.0566 e. The Bertz CT molecular complexity index is 115. The molecule has 0 aliphatic heterocycles. The van der Waals surface area contributed by atoms with Gasteiger partial charge in [0.15, 0.2) is 0 Å². The van der Waals surface area contributed by atoms with Crippen LogP contribution in [0.2, 0.25) is 0 Å². The molecule has 0 fully saturated rings. The van der Waals surface area contributed by atoms with Crippen molar-refractivity contribution in [2.75, 3.05) is 7.11 Å². The first-order valence-corrected chi connectivity index (χ1v) is 5.32. The Labute approximate surface area is 82.3 Å². The minimum absolute atomic E-state index is 0.155. The van der Waals surface area contributed by atoms with Gasteiger partial charge in [-0.1, -0.05) is 20.3 Å². The van der Waals surface area contributed by atoms with Crippen LogP contribution < -0.4 is 0 Å². The third-order valence-corrected chi connectivity index (χ3v) is 2.67. The molecule has 2 heteroatoms. The summed E-state index contributed by atoms with van der Waals surface area (Å²) in [4.78, 5) is 0. The second-order valence-corrected chi connectivity index (χ2v) is 3.96. The van der Waals surface area contributed by atoms with Gasteiger partial charge in [0.05, 0.1) is 12.2 Å². The molecule has 0 radical (unpaired) electrons. The Balaban J connectivity index is 3.54. The number of ether oxygens (including phenoxy) is 1. The first-order chi connectivity index (χ1) is 6.11. The van der Waals surface area contributed by atoms with Crippen molar-refractivity contribution in [2.24, 2.45) is 5.92 Å². The molecular formula is C11H24O2. The van der Waals surface area contributed by atoms with Gasteiger partial charge < -0.3 is 9.84 Å². The highest BCUT2D eigenvalue weighted by Gasteiger charge is 2.14.